The summed E-state index contributed by atoms with van der Waals surface area (Å²) in [4.78, 5) is 12.2. The van der Waals surface area contributed by atoms with E-state index in [1.807, 2.05) is 51.1 Å². The van der Waals surface area contributed by atoms with Crippen molar-refractivity contribution in [1.29, 1.82) is 0 Å². The summed E-state index contributed by atoms with van der Waals surface area (Å²) in [6, 6.07) is 9.40. The summed E-state index contributed by atoms with van der Waals surface area (Å²) in [5, 5.41) is 11.2. The van der Waals surface area contributed by atoms with Crippen LogP contribution in [0.3, 0.4) is 0 Å². The minimum Gasteiger partial charge on any atom is -0.466 e. The van der Waals surface area contributed by atoms with Crippen LogP contribution >= 0.6 is 0 Å². The van der Waals surface area contributed by atoms with E-state index in [4.69, 9.17) is 4.74 Å². The predicted molar refractivity (Wildman–Crippen MR) is 98.7 cm³/mol. The molecule has 24 heavy (non-hydrogen) atoms. The van der Waals surface area contributed by atoms with Crippen molar-refractivity contribution in [3.05, 3.63) is 35.9 Å². The molecule has 0 aliphatic carbocycles. The number of hydrogen-bond acceptors (Lipinski definition) is 3. The monoisotopic (exact) mass is 334 g/mol. The minimum atomic E-state index is -1.23. The van der Waals surface area contributed by atoms with Gasteiger partial charge in [-0.1, -0.05) is 84.2 Å². The molecule has 1 aromatic carbocycles. The van der Waals surface area contributed by atoms with Crippen LogP contribution in [0.2, 0.25) is 0 Å². The van der Waals surface area contributed by atoms with Gasteiger partial charge in [-0.25, -0.2) is 0 Å². The van der Waals surface area contributed by atoms with Gasteiger partial charge < -0.3 is 9.84 Å². The smallest absolute Gasteiger partial charge is 0.309 e. The number of aliphatic hydroxyl groups is 1. The first-order valence-electron chi connectivity index (χ1n) is 9.10. The Morgan fingerprint density at radius 1 is 1.08 bits per heavy atom. The van der Waals surface area contributed by atoms with E-state index in [9.17, 15) is 9.90 Å². The van der Waals surface area contributed by atoms with E-state index in [0.717, 1.165) is 24.3 Å². The second kappa shape index (κ2) is 9.22. The molecule has 136 valence electrons. The van der Waals surface area contributed by atoms with E-state index in [1.165, 1.54) is 12.8 Å². The molecule has 0 bridgehead atoms. The standard InChI is InChI=1S/C21H34O3/c1-17(2)12-8-7-11-15-24-19(22)16-21(23,20(3,4)5)18-13-9-6-10-14-18/h6,9-10,13-14,17,23H,7-8,11-12,15-16H2,1-5H3. The molecule has 1 rings (SSSR count). The zero-order valence-corrected chi connectivity index (χ0v) is 16.0. The average Bonchev–Trinajstić information content (AvgIpc) is 2.50. The molecule has 0 aliphatic heterocycles. The quantitative estimate of drug-likeness (QED) is 0.506. The number of benzene rings is 1. The van der Waals surface area contributed by atoms with Gasteiger partial charge in [-0.2, -0.15) is 0 Å². The second-order valence-corrected chi connectivity index (χ2v) is 8.12. The summed E-state index contributed by atoms with van der Waals surface area (Å²) >= 11 is 0. The Morgan fingerprint density at radius 3 is 2.25 bits per heavy atom. The van der Waals surface area contributed by atoms with Crippen molar-refractivity contribution < 1.29 is 14.6 Å². The predicted octanol–water partition coefficient (Wildman–Crippen LogP) is 5.07. The van der Waals surface area contributed by atoms with Gasteiger partial charge in [0.25, 0.3) is 0 Å². The first-order chi connectivity index (χ1) is 11.2. The third-order valence-corrected chi connectivity index (χ3v) is 4.58. The fraction of sp³-hybridized carbons (Fsp3) is 0.667. The maximum atomic E-state index is 12.2. The highest BCUT2D eigenvalue weighted by atomic mass is 16.5. The molecule has 0 fully saturated rings. The van der Waals surface area contributed by atoms with Crippen LogP contribution in [0.5, 0.6) is 0 Å². The molecular formula is C21H34O3. The fourth-order valence-corrected chi connectivity index (χ4v) is 2.79. The molecule has 1 aromatic rings. The van der Waals surface area contributed by atoms with Gasteiger partial charge >= 0.3 is 5.97 Å². The molecule has 0 aromatic heterocycles. The molecule has 0 saturated heterocycles. The summed E-state index contributed by atoms with van der Waals surface area (Å²) in [6.45, 7) is 10.7. The highest BCUT2D eigenvalue weighted by Crippen LogP contribution is 2.42. The number of carbonyl (C=O) groups excluding carboxylic acids is 1. The van der Waals surface area contributed by atoms with Crippen molar-refractivity contribution in [2.75, 3.05) is 6.61 Å². The molecule has 0 radical (unpaired) electrons. The van der Waals surface area contributed by atoms with Crippen LogP contribution < -0.4 is 0 Å². The normalized spacial score (nSPS) is 14.5. The Hall–Kier alpha value is -1.35. The first kappa shape index (κ1) is 20.7. The lowest BCUT2D eigenvalue weighted by Crippen LogP contribution is -2.42. The number of ether oxygens (including phenoxy) is 1. The van der Waals surface area contributed by atoms with Crippen LogP contribution in [0.25, 0.3) is 0 Å². The Labute approximate surface area is 147 Å². The first-order valence-corrected chi connectivity index (χ1v) is 9.10. The van der Waals surface area contributed by atoms with Gasteiger partial charge in [-0.3, -0.25) is 4.79 Å². The van der Waals surface area contributed by atoms with Crippen LogP contribution in [0.4, 0.5) is 0 Å². The Bertz CT molecular complexity index is 488. The van der Waals surface area contributed by atoms with Crippen LogP contribution in [0.1, 0.15) is 72.3 Å². The zero-order chi connectivity index (χ0) is 18.2. The fourth-order valence-electron chi connectivity index (χ4n) is 2.79. The molecule has 0 spiro atoms. The van der Waals surface area contributed by atoms with E-state index in [1.54, 1.807) is 0 Å². The van der Waals surface area contributed by atoms with Gasteiger partial charge in [-0.15, -0.1) is 0 Å². The molecular weight excluding hydrogens is 300 g/mol. The van der Waals surface area contributed by atoms with Gasteiger partial charge in [0.05, 0.1) is 13.0 Å². The van der Waals surface area contributed by atoms with Crippen LogP contribution in [0, 0.1) is 11.3 Å². The maximum Gasteiger partial charge on any atom is 0.309 e. The summed E-state index contributed by atoms with van der Waals surface area (Å²) in [5.41, 5.74) is -0.945. The molecule has 0 heterocycles. The van der Waals surface area contributed by atoms with Crippen LogP contribution in [-0.4, -0.2) is 17.7 Å². The summed E-state index contributed by atoms with van der Waals surface area (Å²) < 4.78 is 5.36. The Morgan fingerprint density at radius 2 is 1.71 bits per heavy atom. The lowest BCUT2D eigenvalue weighted by atomic mass is 9.70. The molecule has 1 unspecified atom stereocenters. The van der Waals surface area contributed by atoms with E-state index in [0.29, 0.717) is 6.61 Å². The Kier molecular flexibility index (Phi) is 7.95. The SMILES string of the molecule is CC(C)CCCCCOC(=O)CC(O)(c1ccccc1)C(C)(C)C. The van der Waals surface area contributed by atoms with E-state index in [-0.39, 0.29) is 12.4 Å². The van der Waals surface area contributed by atoms with Crippen molar-refractivity contribution in [3.63, 3.8) is 0 Å². The van der Waals surface area contributed by atoms with E-state index < -0.39 is 11.0 Å². The van der Waals surface area contributed by atoms with Crippen LogP contribution in [0.15, 0.2) is 30.3 Å². The second-order valence-electron chi connectivity index (χ2n) is 8.12. The minimum absolute atomic E-state index is 0.0213. The number of unbranched alkanes of at least 4 members (excludes halogenated alkanes) is 2. The molecule has 0 aliphatic rings. The number of carbonyl (C=O) groups is 1. The van der Waals surface area contributed by atoms with Crippen molar-refractivity contribution in [3.8, 4) is 0 Å². The summed E-state index contributed by atoms with van der Waals surface area (Å²) in [6.07, 6.45) is 4.33. The van der Waals surface area contributed by atoms with Gasteiger partial charge in [0.1, 0.15) is 5.60 Å². The third-order valence-electron chi connectivity index (χ3n) is 4.58. The summed E-state index contributed by atoms with van der Waals surface area (Å²) in [5.74, 6) is 0.389. The van der Waals surface area contributed by atoms with Crippen LogP contribution in [-0.2, 0) is 15.1 Å². The maximum absolute atomic E-state index is 12.2. The van der Waals surface area contributed by atoms with Gasteiger partial charge in [0.15, 0.2) is 0 Å². The largest absolute Gasteiger partial charge is 0.466 e. The van der Waals surface area contributed by atoms with Crippen molar-refractivity contribution in [2.45, 2.75) is 72.3 Å². The van der Waals surface area contributed by atoms with E-state index >= 15 is 0 Å². The van der Waals surface area contributed by atoms with Gasteiger partial charge in [-0.05, 0) is 23.3 Å². The average molecular weight is 335 g/mol. The van der Waals surface area contributed by atoms with Crippen molar-refractivity contribution in [2.24, 2.45) is 11.3 Å². The number of esters is 1. The molecule has 0 amide bonds. The van der Waals surface area contributed by atoms with Crippen molar-refractivity contribution in [1.82, 2.24) is 0 Å². The molecule has 0 saturated carbocycles. The number of rotatable bonds is 9. The van der Waals surface area contributed by atoms with E-state index in [2.05, 4.69) is 13.8 Å². The highest BCUT2D eigenvalue weighted by Gasteiger charge is 2.43. The van der Waals surface area contributed by atoms with Gasteiger partial charge in [0.2, 0.25) is 0 Å². The number of hydrogen-bond donors (Lipinski definition) is 1. The molecule has 3 heteroatoms. The third kappa shape index (κ3) is 6.27. The topological polar surface area (TPSA) is 46.5 Å². The van der Waals surface area contributed by atoms with Gasteiger partial charge in [0, 0.05) is 0 Å². The van der Waals surface area contributed by atoms with Crippen molar-refractivity contribution >= 4 is 5.97 Å². The molecule has 1 atom stereocenters. The lowest BCUT2D eigenvalue weighted by molar-refractivity contribution is -0.156. The molecule has 3 nitrogen and oxygen atoms in total. The highest BCUT2D eigenvalue weighted by molar-refractivity contribution is 5.71. The Balaban J connectivity index is 2.55. The molecule has 1 N–H and O–H groups in total. The zero-order valence-electron chi connectivity index (χ0n) is 16.0. The lowest BCUT2D eigenvalue weighted by Gasteiger charge is -2.40. The summed E-state index contributed by atoms with van der Waals surface area (Å²) in [7, 11) is 0.